The average Bonchev–Trinajstić information content (AvgIpc) is 2.71. The molecule has 0 aliphatic heterocycles. The molecule has 2 rings (SSSR count). The van der Waals surface area contributed by atoms with Crippen molar-refractivity contribution in [3.63, 3.8) is 0 Å². The zero-order valence-corrected chi connectivity index (χ0v) is 10.3. The molecule has 84 valence electrons. The maximum absolute atomic E-state index is 6.14. The third kappa shape index (κ3) is 2.09. The van der Waals surface area contributed by atoms with Gasteiger partial charge in [0.15, 0.2) is 0 Å². The van der Waals surface area contributed by atoms with E-state index in [1.807, 2.05) is 25.1 Å². The summed E-state index contributed by atoms with van der Waals surface area (Å²) in [7, 11) is 0. The molecule has 2 N–H and O–H groups in total. The van der Waals surface area contributed by atoms with Gasteiger partial charge in [-0.05, 0) is 36.8 Å². The van der Waals surface area contributed by atoms with Gasteiger partial charge in [-0.2, -0.15) is 0 Å². The molecule has 0 unspecified atom stereocenters. The van der Waals surface area contributed by atoms with Crippen LogP contribution < -0.4 is 5.73 Å². The number of nitrogens with two attached hydrogens (primary N) is 1. The van der Waals surface area contributed by atoms with Crippen LogP contribution in [-0.4, -0.2) is 0 Å². The molecule has 2 nitrogen and oxygen atoms in total. The van der Waals surface area contributed by atoms with Crippen LogP contribution in [0.25, 0.3) is 11.3 Å². The van der Waals surface area contributed by atoms with Crippen LogP contribution in [0.1, 0.15) is 11.3 Å². The summed E-state index contributed by atoms with van der Waals surface area (Å²) in [6.07, 6.45) is 0. The SMILES string of the molecule is Cc1cc(Cl)c(-c2ccc(CN)o2)cc1Cl. The van der Waals surface area contributed by atoms with Gasteiger partial charge in [-0.15, -0.1) is 0 Å². The second-order valence-corrected chi connectivity index (χ2v) is 4.37. The minimum atomic E-state index is 0.372. The summed E-state index contributed by atoms with van der Waals surface area (Å²) in [5.74, 6) is 1.41. The predicted molar refractivity (Wildman–Crippen MR) is 66.8 cm³/mol. The van der Waals surface area contributed by atoms with Crippen LogP contribution in [-0.2, 0) is 6.54 Å². The first-order valence-corrected chi connectivity index (χ1v) is 5.62. The fourth-order valence-electron chi connectivity index (χ4n) is 1.47. The number of rotatable bonds is 2. The molecular weight excluding hydrogens is 245 g/mol. The number of furan rings is 1. The molecule has 0 bridgehead atoms. The van der Waals surface area contributed by atoms with E-state index in [1.165, 1.54) is 0 Å². The van der Waals surface area contributed by atoms with Crippen molar-refractivity contribution < 1.29 is 4.42 Å². The summed E-state index contributed by atoms with van der Waals surface area (Å²) < 4.78 is 5.53. The van der Waals surface area contributed by atoms with E-state index in [-0.39, 0.29) is 0 Å². The highest BCUT2D eigenvalue weighted by Gasteiger charge is 2.10. The summed E-state index contributed by atoms with van der Waals surface area (Å²) in [5, 5.41) is 1.30. The molecule has 16 heavy (non-hydrogen) atoms. The molecule has 0 fully saturated rings. The molecule has 0 spiro atoms. The highest BCUT2D eigenvalue weighted by Crippen LogP contribution is 2.33. The fraction of sp³-hybridized carbons (Fsp3) is 0.167. The van der Waals surface area contributed by atoms with Crippen molar-refractivity contribution >= 4 is 23.2 Å². The molecular formula is C12H11Cl2NO. The van der Waals surface area contributed by atoms with Gasteiger partial charge in [0.05, 0.1) is 11.6 Å². The Hall–Kier alpha value is -0.960. The smallest absolute Gasteiger partial charge is 0.135 e. The Labute approximate surface area is 104 Å². The minimum Gasteiger partial charge on any atom is -0.460 e. The lowest BCUT2D eigenvalue weighted by atomic mass is 10.1. The van der Waals surface area contributed by atoms with Crippen LogP contribution in [0, 0.1) is 6.92 Å². The highest BCUT2D eigenvalue weighted by molar-refractivity contribution is 6.35. The monoisotopic (exact) mass is 255 g/mol. The molecule has 0 saturated carbocycles. The molecule has 0 aliphatic rings. The Morgan fingerprint density at radius 1 is 1.19 bits per heavy atom. The molecule has 1 heterocycles. The van der Waals surface area contributed by atoms with Gasteiger partial charge >= 0.3 is 0 Å². The van der Waals surface area contributed by atoms with Crippen molar-refractivity contribution in [1.82, 2.24) is 0 Å². The van der Waals surface area contributed by atoms with Crippen LogP contribution in [0.3, 0.4) is 0 Å². The number of hydrogen-bond acceptors (Lipinski definition) is 2. The van der Waals surface area contributed by atoms with E-state index >= 15 is 0 Å². The normalized spacial score (nSPS) is 10.8. The topological polar surface area (TPSA) is 39.2 Å². The summed E-state index contributed by atoms with van der Waals surface area (Å²) in [6.45, 7) is 2.28. The zero-order valence-electron chi connectivity index (χ0n) is 8.76. The largest absolute Gasteiger partial charge is 0.460 e. The number of aryl methyl sites for hydroxylation is 1. The van der Waals surface area contributed by atoms with Gasteiger partial charge in [0.25, 0.3) is 0 Å². The standard InChI is InChI=1S/C12H11Cl2NO/c1-7-4-11(14)9(5-10(7)13)12-3-2-8(6-15)16-12/h2-5H,6,15H2,1H3. The lowest BCUT2D eigenvalue weighted by molar-refractivity contribution is 0.525. The van der Waals surface area contributed by atoms with Crippen molar-refractivity contribution in [2.24, 2.45) is 5.73 Å². The first-order chi connectivity index (χ1) is 7.61. The van der Waals surface area contributed by atoms with Gasteiger partial charge in [0.2, 0.25) is 0 Å². The maximum Gasteiger partial charge on any atom is 0.135 e. The van der Waals surface area contributed by atoms with Crippen molar-refractivity contribution in [2.45, 2.75) is 13.5 Å². The predicted octanol–water partition coefficient (Wildman–Crippen LogP) is 4.02. The first kappa shape index (κ1) is 11.5. The van der Waals surface area contributed by atoms with E-state index in [0.717, 1.165) is 16.9 Å². The summed E-state index contributed by atoms with van der Waals surface area (Å²) in [4.78, 5) is 0. The fourth-order valence-corrected chi connectivity index (χ4v) is 1.94. The first-order valence-electron chi connectivity index (χ1n) is 4.86. The van der Waals surface area contributed by atoms with E-state index in [2.05, 4.69) is 0 Å². The van der Waals surface area contributed by atoms with E-state index < -0.39 is 0 Å². The molecule has 0 saturated heterocycles. The molecule has 0 atom stereocenters. The van der Waals surface area contributed by atoms with E-state index in [0.29, 0.717) is 22.4 Å². The molecule has 1 aromatic heterocycles. The Morgan fingerprint density at radius 3 is 2.56 bits per heavy atom. The van der Waals surface area contributed by atoms with Crippen LogP contribution in [0.5, 0.6) is 0 Å². The summed E-state index contributed by atoms with van der Waals surface area (Å²) in [5.41, 5.74) is 7.21. The third-order valence-corrected chi connectivity index (χ3v) is 3.10. The second kappa shape index (κ2) is 4.50. The maximum atomic E-state index is 6.14. The molecule has 0 radical (unpaired) electrons. The lowest BCUT2D eigenvalue weighted by Crippen LogP contribution is -1.92. The summed E-state index contributed by atoms with van der Waals surface area (Å²) >= 11 is 12.2. The molecule has 1 aromatic carbocycles. The van der Waals surface area contributed by atoms with E-state index in [4.69, 9.17) is 33.4 Å². The van der Waals surface area contributed by atoms with Gasteiger partial charge in [-0.3, -0.25) is 0 Å². The Balaban J connectivity index is 2.51. The summed E-state index contributed by atoms with van der Waals surface area (Å²) in [6, 6.07) is 7.30. The van der Waals surface area contributed by atoms with Crippen molar-refractivity contribution in [1.29, 1.82) is 0 Å². The third-order valence-electron chi connectivity index (χ3n) is 2.38. The molecule has 2 aromatic rings. The van der Waals surface area contributed by atoms with E-state index in [9.17, 15) is 0 Å². The highest BCUT2D eigenvalue weighted by atomic mass is 35.5. The molecule has 4 heteroatoms. The molecule has 0 amide bonds. The van der Waals surface area contributed by atoms with E-state index in [1.54, 1.807) is 6.07 Å². The number of benzene rings is 1. The molecule has 0 aliphatic carbocycles. The Morgan fingerprint density at radius 2 is 1.94 bits per heavy atom. The van der Waals surface area contributed by atoms with Gasteiger partial charge in [-0.1, -0.05) is 23.2 Å². The van der Waals surface area contributed by atoms with Crippen LogP contribution in [0.2, 0.25) is 10.0 Å². The van der Waals surface area contributed by atoms with Crippen molar-refractivity contribution in [2.75, 3.05) is 0 Å². The minimum absolute atomic E-state index is 0.372. The van der Waals surface area contributed by atoms with Gasteiger partial charge in [0.1, 0.15) is 11.5 Å². The average molecular weight is 256 g/mol. The van der Waals surface area contributed by atoms with Crippen LogP contribution >= 0.6 is 23.2 Å². The quantitative estimate of drug-likeness (QED) is 0.881. The van der Waals surface area contributed by atoms with Crippen LogP contribution in [0.4, 0.5) is 0 Å². The van der Waals surface area contributed by atoms with Crippen molar-refractivity contribution in [3.8, 4) is 11.3 Å². The zero-order chi connectivity index (χ0) is 11.7. The Kier molecular flexibility index (Phi) is 3.24. The van der Waals surface area contributed by atoms with Gasteiger partial charge < -0.3 is 10.2 Å². The van der Waals surface area contributed by atoms with Crippen LogP contribution in [0.15, 0.2) is 28.7 Å². The van der Waals surface area contributed by atoms with Gasteiger partial charge in [0, 0.05) is 10.6 Å². The van der Waals surface area contributed by atoms with Gasteiger partial charge in [-0.25, -0.2) is 0 Å². The second-order valence-electron chi connectivity index (χ2n) is 3.55. The Bertz CT molecular complexity index is 520. The lowest BCUT2D eigenvalue weighted by Gasteiger charge is -2.04. The van der Waals surface area contributed by atoms with Crippen molar-refractivity contribution in [3.05, 3.63) is 45.6 Å². The number of halogens is 2. The number of hydrogen-bond donors (Lipinski definition) is 1.